The van der Waals surface area contributed by atoms with Gasteiger partial charge in [-0.2, -0.15) is 4.98 Å². The molecule has 0 saturated heterocycles. The number of hydrogen-bond donors (Lipinski definition) is 0. The fourth-order valence-electron chi connectivity index (χ4n) is 2.96. The molecular weight excluding hydrogens is 403 g/mol. The van der Waals surface area contributed by atoms with Crippen LogP contribution in [-0.2, 0) is 6.54 Å². The van der Waals surface area contributed by atoms with Crippen LogP contribution in [0.2, 0.25) is 10.0 Å². The van der Waals surface area contributed by atoms with Gasteiger partial charge in [-0.1, -0.05) is 29.3 Å². The fourth-order valence-corrected chi connectivity index (χ4v) is 3.47. The van der Waals surface area contributed by atoms with Crippen molar-refractivity contribution in [3.8, 4) is 23.1 Å². The van der Waals surface area contributed by atoms with Crippen molar-refractivity contribution in [2.45, 2.75) is 6.54 Å². The average molecular weight is 415 g/mol. The van der Waals surface area contributed by atoms with Crippen LogP contribution in [0.5, 0.6) is 23.1 Å². The third-order valence-electron chi connectivity index (χ3n) is 4.32. The Morgan fingerprint density at radius 3 is 2.68 bits per heavy atom. The molecule has 0 unspecified atom stereocenters. The fraction of sp³-hybridized carbons (Fsp3) is 0.105. The first-order valence-electron chi connectivity index (χ1n) is 8.35. The summed E-state index contributed by atoms with van der Waals surface area (Å²) in [6.45, 7) is 0.626. The highest BCUT2D eigenvalue weighted by molar-refractivity contribution is 6.36. The molecule has 0 atom stereocenters. The third kappa shape index (κ3) is 2.98. The van der Waals surface area contributed by atoms with Crippen molar-refractivity contribution in [1.29, 1.82) is 0 Å². The molecule has 0 amide bonds. The maximum Gasteiger partial charge on any atom is 0.250 e. The van der Waals surface area contributed by atoms with Crippen molar-refractivity contribution >= 4 is 34.4 Å². The molecule has 1 aliphatic rings. The third-order valence-corrected chi connectivity index (χ3v) is 5.02. The predicted molar refractivity (Wildman–Crippen MR) is 104 cm³/mol. The Bertz CT molecular complexity index is 1170. The SMILES string of the molecule is Clc1cccc(Cl)c1Cn1cnc2c(Oc3ccc4c(c3)OCO4)ncnc21. The van der Waals surface area contributed by atoms with Gasteiger partial charge in [0.05, 0.1) is 12.9 Å². The molecule has 5 rings (SSSR count). The lowest BCUT2D eigenvalue weighted by atomic mass is 10.2. The first-order valence-corrected chi connectivity index (χ1v) is 9.11. The van der Waals surface area contributed by atoms with Crippen molar-refractivity contribution in [3.63, 3.8) is 0 Å². The highest BCUT2D eigenvalue weighted by Crippen LogP contribution is 2.37. The normalized spacial score (nSPS) is 12.5. The van der Waals surface area contributed by atoms with Gasteiger partial charge in [-0.3, -0.25) is 0 Å². The van der Waals surface area contributed by atoms with E-state index in [1.807, 2.05) is 4.57 Å². The first kappa shape index (κ1) is 17.1. The van der Waals surface area contributed by atoms with Crippen LogP contribution in [0.3, 0.4) is 0 Å². The van der Waals surface area contributed by atoms with Crippen molar-refractivity contribution in [2.75, 3.05) is 6.79 Å². The minimum Gasteiger partial charge on any atom is -0.454 e. The summed E-state index contributed by atoms with van der Waals surface area (Å²) in [6.07, 6.45) is 3.09. The number of fused-ring (bicyclic) bond motifs is 2. The lowest BCUT2D eigenvalue weighted by Gasteiger charge is -2.09. The molecule has 0 radical (unpaired) electrons. The minimum absolute atomic E-state index is 0.200. The number of nitrogens with zero attached hydrogens (tertiary/aromatic N) is 4. The monoisotopic (exact) mass is 414 g/mol. The lowest BCUT2D eigenvalue weighted by Crippen LogP contribution is -2.01. The standard InChI is InChI=1S/C19H12Cl2N4O3/c20-13-2-1-3-14(21)12(13)7-25-9-24-17-18(25)22-8-23-19(17)28-11-4-5-15-16(6-11)27-10-26-15/h1-6,8-9H,7,10H2. The lowest BCUT2D eigenvalue weighted by molar-refractivity contribution is 0.174. The van der Waals surface area contributed by atoms with Crippen LogP contribution in [0, 0.1) is 0 Å². The molecule has 3 heterocycles. The number of benzene rings is 2. The quantitative estimate of drug-likeness (QED) is 0.481. The Morgan fingerprint density at radius 1 is 1.00 bits per heavy atom. The predicted octanol–water partition coefficient (Wildman–Crippen LogP) is 4.70. The molecule has 9 heteroatoms. The van der Waals surface area contributed by atoms with Crippen molar-refractivity contribution in [2.24, 2.45) is 0 Å². The molecule has 0 N–H and O–H groups in total. The molecule has 0 aliphatic carbocycles. The van der Waals surface area contributed by atoms with Crippen molar-refractivity contribution in [1.82, 2.24) is 19.5 Å². The van der Waals surface area contributed by atoms with E-state index in [2.05, 4.69) is 15.0 Å². The molecule has 0 spiro atoms. The van der Waals surface area contributed by atoms with Gasteiger partial charge in [-0.25, -0.2) is 9.97 Å². The van der Waals surface area contributed by atoms with Crippen LogP contribution < -0.4 is 14.2 Å². The van der Waals surface area contributed by atoms with E-state index in [1.165, 1.54) is 6.33 Å². The van der Waals surface area contributed by atoms with Gasteiger partial charge < -0.3 is 18.8 Å². The van der Waals surface area contributed by atoms with Gasteiger partial charge in [0.15, 0.2) is 22.7 Å². The van der Waals surface area contributed by atoms with Gasteiger partial charge in [0.25, 0.3) is 5.88 Å². The van der Waals surface area contributed by atoms with Gasteiger partial charge in [-0.15, -0.1) is 0 Å². The number of halogens is 2. The van der Waals surface area contributed by atoms with Crippen LogP contribution >= 0.6 is 23.2 Å². The van der Waals surface area contributed by atoms with E-state index in [-0.39, 0.29) is 6.79 Å². The average Bonchev–Trinajstić information content (AvgIpc) is 3.32. The van der Waals surface area contributed by atoms with E-state index in [1.54, 1.807) is 42.7 Å². The van der Waals surface area contributed by atoms with E-state index < -0.39 is 0 Å². The van der Waals surface area contributed by atoms with Crippen LogP contribution in [0.15, 0.2) is 49.1 Å². The molecular formula is C19H12Cl2N4O3. The Hall–Kier alpha value is -3.03. The zero-order chi connectivity index (χ0) is 19.1. The number of ether oxygens (including phenoxy) is 3. The van der Waals surface area contributed by atoms with Crippen LogP contribution in [0.4, 0.5) is 0 Å². The van der Waals surface area contributed by atoms with Crippen molar-refractivity contribution < 1.29 is 14.2 Å². The maximum absolute atomic E-state index is 6.28. The largest absolute Gasteiger partial charge is 0.454 e. The molecule has 0 bridgehead atoms. The summed E-state index contributed by atoms with van der Waals surface area (Å²) in [4.78, 5) is 13.0. The molecule has 7 nitrogen and oxygen atoms in total. The van der Waals surface area contributed by atoms with Crippen LogP contribution in [0.1, 0.15) is 5.56 Å². The number of hydrogen-bond acceptors (Lipinski definition) is 6. The van der Waals surface area contributed by atoms with Gasteiger partial charge >= 0.3 is 0 Å². The molecule has 0 fully saturated rings. The molecule has 4 aromatic rings. The highest BCUT2D eigenvalue weighted by atomic mass is 35.5. The van der Waals surface area contributed by atoms with E-state index in [4.69, 9.17) is 37.4 Å². The molecule has 2 aromatic heterocycles. The summed E-state index contributed by atoms with van der Waals surface area (Å²) < 4.78 is 18.4. The number of imidazole rings is 1. The zero-order valence-electron chi connectivity index (χ0n) is 14.3. The Balaban J connectivity index is 1.49. The molecule has 2 aromatic carbocycles. The van der Waals surface area contributed by atoms with E-state index in [0.717, 1.165) is 5.56 Å². The second kappa shape index (κ2) is 6.85. The Labute approximate surface area is 169 Å². The first-order chi connectivity index (χ1) is 13.7. The van der Waals surface area contributed by atoms with E-state index in [0.29, 0.717) is 50.9 Å². The summed E-state index contributed by atoms with van der Waals surface area (Å²) in [5, 5.41) is 1.17. The number of aromatic nitrogens is 4. The Morgan fingerprint density at radius 2 is 1.82 bits per heavy atom. The zero-order valence-corrected chi connectivity index (χ0v) is 15.8. The van der Waals surface area contributed by atoms with Crippen LogP contribution in [-0.4, -0.2) is 26.3 Å². The summed E-state index contributed by atoms with van der Waals surface area (Å²) in [6, 6.07) is 10.7. The second-order valence-electron chi connectivity index (χ2n) is 6.04. The van der Waals surface area contributed by atoms with E-state index >= 15 is 0 Å². The van der Waals surface area contributed by atoms with Crippen LogP contribution in [0.25, 0.3) is 11.2 Å². The second-order valence-corrected chi connectivity index (χ2v) is 6.86. The summed E-state index contributed by atoms with van der Waals surface area (Å²) in [5.74, 6) is 2.21. The molecule has 28 heavy (non-hydrogen) atoms. The van der Waals surface area contributed by atoms with Gasteiger partial charge in [-0.05, 0) is 24.3 Å². The topological polar surface area (TPSA) is 71.3 Å². The van der Waals surface area contributed by atoms with Gasteiger partial charge in [0.2, 0.25) is 6.79 Å². The van der Waals surface area contributed by atoms with E-state index in [9.17, 15) is 0 Å². The Kier molecular flexibility index (Phi) is 4.18. The molecule has 1 aliphatic heterocycles. The number of rotatable bonds is 4. The van der Waals surface area contributed by atoms with Gasteiger partial charge in [0, 0.05) is 21.7 Å². The molecule has 0 saturated carbocycles. The summed E-state index contributed by atoms with van der Waals surface area (Å²) in [7, 11) is 0. The van der Waals surface area contributed by atoms with Gasteiger partial charge in [0.1, 0.15) is 12.1 Å². The summed E-state index contributed by atoms with van der Waals surface area (Å²) >= 11 is 12.6. The maximum atomic E-state index is 6.28. The van der Waals surface area contributed by atoms with Crippen molar-refractivity contribution in [3.05, 3.63) is 64.7 Å². The highest BCUT2D eigenvalue weighted by Gasteiger charge is 2.17. The smallest absolute Gasteiger partial charge is 0.250 e. The minimum atomic E-state index is 0.200. The molecule has 140 valence electrons. The summed E-state index contributed by atoms with van der Waals surface area (Å²) in [5.41, 5.74) is 1.94.